The highest BCUT2D eigenvalue weighted by molar-refractivity contribution is 5.83. The maximum atomic E-state index is 10.5. The third-order valence-corrected chi connectivity index (χ3v) is 4.67. The minimum atomic E-state index is 0.0587. The highest BCUT2D eigenvalue weighted by Gasteiger charge is 2.18. The Kier molecular flexibility index (Phi) is 6.23. The number of rotatable bonds is 8. The number of nitrogens with one attached hydrogen (secondary N) is 1. The van der Waals surface area contributed by atoms with Crippen LogP contribution in [0.4, 0.5) is 0 Å². The molecule has 0 aliphatic heterocycles. The van der Waals surface area contributed by atoms with Gasteiger partial charge in [0.05, 0.1) is 0 Å². The van der Waals surface area contributed by atoms with Crippen LogP contribution in [0.25, 0.3) is 17.0 Å². The monoisotopic (exact) mass is 350 g/mol. The fourth-order valence-electron chi connectivity index (χ4n) is 3.39. The number of H-pyrrole nitrogens is 1. The number of hydrogen-bond donors (Lipinski definition) is 3. The Morgan fingerprint density at radius 3 is 2.62 bits per heavy atom. The summed E-state index contributed by atoms with van der Waals surface area (Å²) < 4.78 is 0. The number of benzene rings is 2. The average molecular weight is 350 g/mol. The second-order valence-electron chi connectivity index (χ2n) is 6.59. The van der Waals surface area contributed by atoms with Crippen LogP contribution < -0.4 is 0 Å². The van der Waals surface area contributed by atoms with E-state index in [0.29, 0.717) is 19.5 Å². The second kappa shape index (κ2) is 8.81. The quantitative estimate of drug-likeness (QED) is 0.522. The van der Waals surface area contributed by atoms with Crippen LogP contribution in [0.2, 0.25) is 0 Å². The number of fused-ring (bicyclic) bond motifs is 1. The Morgan fingerprint density at radius 2 is 1.88 bits per heavy atom. The molecular weight excluding hydrogens is 324 g/mol. The van der Waals surface area contributed by atoms with Gasteiger partial charge in [-0.15, -0.1) is 0 Å². The fourth-order valence-corrected chi connectivity index (χ4v) is 3.39. The minimum Gasteiger partial charge on any atom is -0.396 e. The summed E-state index contributed by atoms with van der Waals surface area (Å²) in [6.45, 7) is 3.02. The summed E-state index contributed by atoms with van der Waals surface area (Å²) in [6, 6.07) is 16.3. The number of hydrogen-bond acceptors (Lipinski definition) is 3. The molecule has 2 aromatic carbocycles. The van der Waals surface area contributed by atoms with Crippen molar-refractivity contribution < 1.29 is 10.3 Å². The number of nitrogens with zero attached hydrogens (tertiary/aromatic N) is 1. The van der Waals surface area contributed by atoms with E-state index in [1.54, 1.807) is 0 Å². The Labute approximate surface area is 154 Å². The van der Waals surface area contributed by atoms with Gasteiger partial charge >= 0.3 is 0 Å². The molecule has 4 nitrogen and oxygen atoms in total. The number of para-hydroxylation sites is 1. The summed E-state index contributed by atoms with van der Waals surface area (Å²) in [5, 5.41) is 22.4. The first-order valence-corrected chi connectivity index (χ1v) is 9.03. The van der Waals surface area contributed by atoms with Gasteiger partial charge in [0, 0.05) is 42.7 Å². The zero-order valence-corrected chi connectivity index (χ0v) is 15.1. The highest BCUT2D eigenvalue weighted by atomic mass is 16.5. The predicted octanol–water partition coefficient (Wildman–Crippen LogP) is 4.56. The van der Waals surface area contributed by atoms with Crippen molar-refractivity contribution in [3.05, 3.63) is 77.5 Å². The lowest BCUT2D eigenvalue weighted by Gasteiger charge is -2.22. The zero-order valence-electron chi connectivity index (χ0n) is 15.1. The largest absolute Gasteiger partial charge is 0.396 e. The molecule has 0 fully saturated rings. The summed E-state index contributed by atoms with van der Waals surface area (Å²) >= 11 is 0. The molecule has 1 atom stereocenters. The Morgan fingerprint density at radius 1 is 1.12 bits per heavy atom. The molecule has 26 heavy (non-hydrogen) atoms. The van der Waals surface area contributed by atoms with E-state index in [-0.39, 0.29) is 12.5 Å². The van der Waals surface area contributed by atoms with E-state index in [2.05, 4.69) is 17.1 Å². The van der Waals surface area contributed by atoms with Crippen LogP contribution in [-0.2, 0) is 6.54 Å². The summed E-state index contributed by atoms with van der Waals surface area (Å²) in [7, 11) is 0. The molecule has 136 valence electrons. The molecule has 4 heteroatoms. The van der Waals surface area contributed by atoms with Crippen molar-refractivity contribution in [2.45, 2.75) is 25.8 Å². The number of aliphatic hydroxyl groups excluding tert-OH is 1. The molecule has 3 aromatic rings. The summed E-state index contributed by atoms with van der Waals surface area (Å²) in [5.41, 5.74) is 4.42. The predicted molar refractivity (Wildman–Crippen MR) is 106 cm³/mol. The smallest absolute Gasteiger partial charge is 0.0488 e. The van der Waals surface area contributed by atoms with Gasteiger partial charge < -0.3 is 15.3 Å². The molecule has 0 aliphatic rings. The number of allylic oxidation sites excluding steroid dienone is 1. The van der Waals surface area contributed by atoms with E-state index in [1.165, 1.54) is 5.06 Å². The zero-order chi connectivity index (χ0) is 18.4. The molecule has 0 saturated heterocycles. The van der Waals surface area contributed by atoms with E-state index >= 15 is 0 Å². The first kappa shape index (κ1) is 18.4. The van der Waals surface area contributed by atoms with Crippen LogP contribution in [0.5, 0.6) is 0 Å². The van der Waals surface area contributed by atoms with Gasteiger partial charge in [0.2, 0.25) is 0 Å². The normalized spacial score (nSPS) is 13.1. The van der Waals surface area contributed by atoms with Crippen molar-refractivity contribution in [1.82, 2.24) is 10.0 Å². The molecule has 3 rings (SSSR count). The first-order chi connectivity index (χ1) is 12.7. The molecule has 1 aromatic heterocycles. The number of aromatic nitrogens is 1. The van der Waals surface area contributed by atoms with E-state index in [4.69, 9.17) is 0 Å². The Bertz CT molecular complexity index is 852. The lowest BCUT2D eigenvalue weighted by molar-refractivity contribution is -0.104. The van der Waals surface area contributed by atoms with Crippen molar-refractivity contribution in [3.63, 3.8) is 0 Å². The summed E-state index contributed by atoms with van der Waals surface area (Å²) in [4.78, 5) is 3.28. The molecule has 0 saturated carbocycles. The van der Waals surface area contributed by atoms with E-state index in [1.807, 2.05) is 61.7 Å². The highest BCUT2D eigenvalue weighted by Crippen LogP contribution is 2.28. The standard InChI is InChI=1S/C22H26N2O2/c1-2-5-17-8-10-18(11-9-17)15-24(26)16-19(12-13-25)21-14-23-22-7-4-3-6-20(21)22/h2-11,14,19,23,25-26H,12-13,15-16H2,1H3/b5-2+. The fraction of sp³-hybridized carbons (Fsp3) is 0.273. The van der Waals surface area contributed by atoms with E-state index in [0.717, 1.165) is 27.6 Å². The van der Waals surface area contributed by atoms with Crippen LogP contribution in [-0.4, -0.2) is 33.5 Å². The molecule has 0 bridgehead atoms. The molecule has 1 heterocycles. The van der Waals surface area contributed by atoms with Gasteiger partial charge in [-0.3, -0.25) is 0 Å². The van der Waals surface area contributed by atoms with Gasteiger partial charge in [-0.05, 0) is 36.1 Å². The van der Waals surface area contributed by atoms with Crippen molar-refractivity contribution >= 4 is 17.0 Å². The van der Waals surface area contributed by atoms with Crippen molar-refractivity contribution in [2.75, 3.05) is 13.2 Å². The van der Waals surface area contributed by atoms with Gasteiger partial charge in [-0.2, -0.15) is 5.06 Å². The van der Waals surface area contributed by atoms with Crippen molar-refractivity contribution in [2.24, 2.45) is 0 Å². The lowest BCUT2D eigenvalue weighted by atomic mass is 9.95. The summed E-state index contributed by atoms with van der Waals surface area (Å²) in [6.07, 6.45) is 6.66. The topological polar surface area (TPSA) is 59.5 Å². The Hall–Kier alpha value is -2.40. The number of aromatic amines is 1. The minimum absolute atomic E-state index is 0.0587. The molecule has 1 unspecified atom stereocenters. The van der Waals surface area contributed by atoms with Gasteiger partial charge in [0.1, 0.15) is 0 Å². The van der Waals surface area contributed by atoms with E-state index < -0.39 is 0 Å². The van der Waals surface area contributed by atoms with E-state index in [9.17, 15) is 10.3 Å². The third-order valence-electron chi connectivity index (χ3n) is 4.67. The third kappa shape index (κ3) is 4.41. The van der Waals surface area contributed by atoms with Crippen LogP contribution >= 0.6 is 0 Å². The molecule has 0 spiro atoms. The van der Waals surface area contributed by atoms with Crippen molar-refractivity contribution in [1.29, 1.82) is 0 Å². The second-order valence-corrected chi connectivity index (χ2v) is 6.59. The van der Waals surface area contributed by atoms with Gasteiger partial charge in [0.15, 0.2) is 0 Å². The van der Waals surface area contributed by atoms with Gasteiger partial charge in [0.25, 0.3) is 0 Å². The number of aliphatic hydroxyl groups is 1. The molecule has 3 N–H and O–H groups in total. The maximum Gasteiger partial charge on any atom is 0.0488 e. The van der Waals surface area contributed by atoms with Crippen LogP contribution in [0, 0.1) is 0 Å². The van der Waals surface area contributed by atoms with Gasteiger partial charge in [-0.25, -0.2) is 0 Å². The SMILES string of the molecule is C/C=C/c1ccc(CN(O)CC(CCO)c2c[nH]c3ccccc23)cc1. The van der Waals surface area contributed by atoms with Crippen LogP contribution in [0.1, 0.15) is 36.0 Å². The molecule has 0 aliphatic carbocycles. The summed E-state index contributed by atoms with van der Waals surface area (Å²) in [5.74, 6) is 0.0587. The molecule has 0 radical (unpaired) electrons. The Balaban J connectivity index is 1.71. The van der Waals surface area contributed by atoms with Crippen LogP contribution in [0.3, 0.4) is 0 Å². The first-order valence-electron chi connectivity index (χ1n) is 9.03. The lowest BCUT2D eigenvalue weighted by Crippen LogP contribution is -2.25. The molecular formula is C22H26N2O2. The number of hydroxylamine groups is 2. The molecule has 0 amide bonds. The van der Waals surface area contributed by atoms with Crippen molar-refractivity contribution in [3.8, 4) is 0 Å². The average Bonchev–Trinajstić information content (AvgIpc) is 3.07. The maximum absolute atomic E-state index is 10.5. The van der Waals surface area contributed by atoms with Crippen LogP contribution in [0.15, 0.2) is 60.8 Å². The van der Waals surface area contributed by atoms with Gasteiger partial charge in [-0.1, -0.05) is 54.6 Å².